The number of carbonyl (C=O) groups is 1. The molecule has 0 bridgehead atoms. The van der Waals surface area contributed by atoms with Crippen molar-refractivity contribution in [2.75, 3.05) is 13.2 Å². The van der Waals surface area contributed by atoms with Crippen LogP contribution < -0.4 is 15.6 Å². The SMILES string of the molecule is Cc1ccc(OCCNC(=O)CCn2cnc3sc(C)c(C)c3c2=O)cc1. The van der Waals surface area contributed by atoms with Crippen LogP contribution in [0.15, 0.2) is 35.4 Å². The molecular weight excluding hydrogens is 362 g/mol. The van der Waals surface area contributed by atoms with Gasteiger partial charge in [-0.1, -0.05) is 17.7 Å². The first kappa shape index (κ1) is 19.1. The molecule has 0 aliphatic rings. The first-order chi connectivity index (χ1) is 13.0. The normalized spacial score (nSPS) is 10.9. The zero-order valence-electron chi connectivity index (χ0n) is 15.7. The summed E-state index contributed by atoms with van der Waals surface area (Å²) in [5, 5.41) is 3.47. The molecule has 0 radical (unpaired) electrons. The number of rotatable bonds is 7. The first-order valence-corrected chi connectivity index (χ1v) is 9.68. The van der Waals surface area contributed by atoms with E-state index < -0.39 is 0 Å². The van der Waals surface area contributed by atoms with Crippen LogP contribution in [0.2, 0.25) is 0 Å². The van der Waals surface area contributed by atoms with Crippen LogP contribution in [-0.2, 0) is 11.3 Å². The summed E-state index contributed by atoms with van der Waals surface area (Å²) in [5.41, 5.74) is 2.06. The van der Waals surface area contributed by atoms with Gasteiger partial charge >= 0.3 is 0 Å². The lowest BCUT2D eigenvalue weighted by Gasteiger charge is -2.09. The maximum Gasteiger partial charge on any atom is 0.262 e. The number of fused-ring (bicyclic) bond motifs is 1. The summed E-state index contributed by atoms with van der Waals surface area (Å²) in [7, 11) is 0. The molecule has 0 atom stereocenters. The van der Waals surface area contributed by atoms with Gasteiger partial charge in [-0.25, -0.2) is 4.98 Å². The average molecular weight is 385 g/mol. The molecule has 0 saturated heterocycles. The highest BCUT2D eigenvalue weighted by Crippen LogP contribution is 2.25. The Balaban J connectivity index is 1.48. The molecule has 0 fully saturated rings. The highest BCUT2D eigenvalue weighted by molar-refractivity contribution is 7.18. The molecule has 1 amide bonds. The summed E-state index contributed by atoms with van der Waals surface area (Å²) < 4.78 is 7.08. The molecule has 3 aromatic rings. The lowest BCUT2D eigenvalue weighted by atomic mass is 10.2. The predicted molar refractivity (Wildman–Crippen MR) is 108 cm³/mol. The Hall–Kier alpha value is -2.67. The predicted octanol–water partition coefficient (Wildman–Crippen LogP) is 2.97. The van der Waals surface area contributed by atoms with Crippen LogP contribution in [0, 0.1) is 20.8 Å². The fraction of sp³-hybridized carbons (Fsp3) is 0.350. The fourth-order valence-electron chi connectivity index (χ4n) is 2.73. The molecule has 0 unspecified atom stereocenters. The molecule has 0 aliphatic heterocycles. The lowest BCUT2D eigenvalue weighted by molar-refractivity contribution is -0.121. The van der Waals surface area contributed by atoms with Crippen molar-refractivity contribution in [1.82, 2.24) is 14.9 Å². The van der Waals surface area contributed by atoms with Gasteiger partial charge in [0.05, 0.1) is 18.3 Å². The first-order valence-electron chi connectivity index (χ1n) is 8.87. The molecule has 0 spiro atoms. The minimum Gasteiger partial charge on any atom is -0.492 e. The zero-order chi connectivity index (χ0) is 19.4. The third-order valence-corrected chi connectivity index (χ3v) is 5.56. The van der Waals surface area contributed by atoms with Gasteiger partial charge in [0.15, 0.2) is 0 Å². The van der Waals surface area contributed by atoms with Crippen LogP contribution in [0.4, 0.5) is 0 Å². The van der Waals surface area contributed by atoms with E-state index in [4.69, 9.17) is 4.74 Å². The number of nitrogens with one attached hydrogen (secondary N) is 1. The molecule has 3 rings (SSSR count). The second-order valence-corrected chi connectivity index (χ2v) is 7.67. The summed E-state index contributed by atoms with van der Waals surface area (Å²) in [6.07, 6.45) is 1.74. The van der Waals surface area contributed by atoms with E-state index in [1.165, 1.54) is 27.8 Å². The van der Waals surface area contributed by atoms with Gasteiger partial charge in [0.1, 0.15) is 17.2 Å². The Labute approximate surface area is 161 Å². The Bertz CT molecular complexity index is 1010. The molecule has 2 heterocycles. The molecular formula is C20H23N3O3S. The van der Waals surface area contributed by atoms with Gasteiger partial charge in [-0.3, -0.25) is 14.2 Å². The molecule has 27 heavy (non-hydrogen) atoms. The molecule has 0 aliphatic carbocycles. The number of amides is 1. The number of thiophene rings is 1. The Morgan fingerprint density at radius 2 is 1.96 bits per heavy atom. The van der Waals surface area contributed by atoms with Gasteiger partial charge in [-0.15, -0.1) is 11.3 Å². The van der Waals surface area contributed by atoms with Crippen molar-refractivity contribution in [1.29, 1.82) is 0 Å². The topological polar surface area (TPSA) is 73.2 Å². The Kier molecular flexibility index (Phi) is 5.91. The maximum absolute atomic E-state index is 12.6. The van der Waals surface area contributed by atoms with E-state index in [9.17, 15) is 9.59 Å². The van der Waals surface area contributed by atoms with Crippen molar-refractivity contribution in [2.24, 2.45) is 0 Å². The smallest absolute Gasteiger partial charge is 0.262 e. The van der Waals surface area contributed by atoms with E-state index in [-0.39, 0.29) is 17.9 Å². The minimum absolute atomic E-state index is 0.0858. The van der Waals surface area contributed by atoms with E-state index in [0.29, 0.717) is 25.1 Å². The summed E-state index contributed by atoms with van der Waals surface area (Å²) >= 11 is 1.52. The summed E-state index contributed by atoms with van der Waals surface area (Å²) in [6.45, 7) is 7.06. The minimum atomic E-state index is -0.118. The second-order valence-electron chi connectivity index (χ2n) is 6.47. The van der Waals surface area contributed by atoms with E-state index in [1.54, 1.807) is 0 Å². The molecule has 1 aromatic carbocycles. The lowest BCUT2D eigenvalue weighted by Crippen LogP contribution is -2.30. The summed E-state index contributed by atoms with van der Waals surface area (Å²) in [5.74, 6) is 0.662. The third-order valence-electron chi connectivity index (χ3n) is 4.45. The molecule has 7 heteroatoms. The van der Waals surface area contributed by atoms with Gasteiger partial charge in [0, 0.05) is 17.8 Å². The van der Waals surface area contributed by atoms with E-state index >= 15 is 0 Å². The number of hydrogen-bond acceptors (Lipinski definition) is 5. The molecule has 2 aromatic heterocycles. The molecule has 6 nitrogen and oxygen atoms in total. The van der Waals surface area contributed by atoms with Crippen molar-refractivity contribution < 1.29 is 9.53 Å². The highest BCUT2D eigenvalue weighted by Gasteiger charge is 2.12. The van der Waals surface area contributed by atoms with E-state index in [0.717, 1.165) is 21.0 Å². The average Bonchev–Trinajstić information content (AvgIpc) is 2.94. The van der Waals surface area contributed by atoms with Crippen LogP contribution in [0.3, 0.4) is 0 Å². The number of hydrogen-bond donors (Lipinski definition) is 1. The van der Waals surface area contributed by atoms with Crippen molar-refractivity contribution in [3.63, 3.8) is 0 Å². The fourth-order valence-corrected chi connectivity index (χ4v) is 3.72. The van der Waals surface area contributed by atoms with Crippen LogP contribution in [-0.4, -0.2) is 28.6 Å². The quantitative estimate of drug-likeness (QED) is 0.635. The van der Waals surface area contributed by atoms with E-state index in [2.05, 4.69) is 10.3 Å². The van der Waals surface area contributed by atoms with Crippen LogP contribution in [0.5, 0.6) is 5.75 Å². The zero-order valence-corrected chi connectivity index (χ0v) is 16.6. The maximum atomic E-state index is 12.6. The number of aromatic nitrogens is 2. The number of nitrogens with zero attached hydrogens (tertiary/aromatic N) is 2. The van der Waals surface area contributed by atoms with Gasteiger partial charge in [0.2, 0.25) is 5.91 Å². The van der Waals surface area contributed by atoms with Crippen molar-refractivity contribution in [2.45, 2.75) is 33.7 Å². The van der Waals surface area contributed by atoms with Gasteiger partial charge < -0.3 is 10.1 Å². The Morgan fingerprint density at radius 3 is 2.70 bits per heavy atom. The largest absolute Gasteiger partial charge is 0.492 e. The summed E-state index contributed by atoms with van der Waals surface area (Å²) in [6, 6.07) is 7.77. The third kappa shape index (κ3) is 4.54. The number of aryl methyl sites for hydroxylation is 4. The monoisotopic (exact) mass is 385 g/mol. The summed E-state index contributed by atoms with van der Waals surface area (Å²) in [4.78, 5) is 30.8. The van der Waals surface area contributed by atoms with Crippen LogP contribution >= 0.6 is 11.3 Å². The molecule has 142 valence electrons. The van der Waals surface area contributed by atoms with Crippen molar-refractivity contribution >= 4 is 27.5 Å². The second kappa shape index (κ2) is 8.35. The highest BCUT2D eigenvalue weighted by atomic mass is 32.1. The van der Waals surface area contributed by atoms with Gasteiger partial charge in [-0.05, 0) is 38.5 Å². The Morgan fingerprint density at radius 1 is 1.22 bits per heavy atom. The molecule has 1 N–H and O–H groups in total. The van der Waals surface area contributed by atoms with Crippen LogP contribution in [0.25, 0.3) is 10.2 Å². The number of carbonyl (C=O) groups excluding carboxylic acids is 1. The van der Waals surface area contributed by atoms with Crippen molar-refractivity contribution in [3.05, 3.63) is 57.0 Å². The van der Waals surface area contributed by atoms with E-state index in [1.807, 2.05) is 45.0 Å². The number of ether oxygens (including phenoxy) is 1. The van der Waals surface area contributed by atoms with Crippen molar-refractivity contribution in [3.8, 4) is 5.75 Å². The van der Waals surface area contributed by atoms with Gasteiger partial charge in [-0.2, -0.15) is 0 Å². The standard InChI is InChI=1S/C20H23N3O3S/c1-13-4-6-16(7-5-13)26-11-9-21-17(24)8-10-23-12-22-19-18(20(23)25)14(2)15(3)27-19/h4-7,12H,8-11H2,1-3H3,(H,21,24). The van der Waals surface area contributed by atoms with Gasteiger partial charge in [0.25, 0.3) is 5.56 Å². The van der Waals surface area contributed by atoms with Crippen LogP contribution in [0.1, 0.15) is 22.4 Å². The molecule has 0 saturated carbocycles. The number of benzene rings is 1.